The van der Waals surface area contributed by atoms with Crippen molar-refractivity contribution in [3.05, 3.63) is 34.3 Å². The van der Waals surface area contributed by atoms with Crippen LogP contribution in [-0.4, -0.2) is 23.0 Å². The summed E-state index contributed by atoms with van der Waals surface area (Å²) in [6.45, 7) is 1.06. The number of halogens is 1. The molecule has 0 bridgehead atoms. The number of hydrogen-bond acceptors (Lipinski definition) is 3. The predicted octanol–water partition coefficient (Wildman–Crippen LogP) is 1.59. The van der Waals surface area contributed by atoms with E-state index in [0.717, 1.165) is 11.4 Å². The minimum atomic E-state index is -4.47. The van der Waals surface area contributed by atoms with E-state index in [1.54, 1.807) is 24.3 Å². The van der Waals surface area contributed by atoms with Gasteiger partial charge in [0.25, 0.3) is 10.1 Å². The van der Waals surface area contributed by atoms with Crippen LogP contribution in [0.25, 0.3) is 0 Å². The predicted molar refractivity (Wildman–Crippen MR) is 60.0 cm³/mol. The summed E-state index contributed by atoms with van der Waals surface area (Å²) in [5, 5.41) is 9.52. The van der Waals surface area contributed by atoms with E-state index in [0.29, 0.717) is 5.56 Å². The summed E-state index contributed by atoms with van der Waals surface area (Å²) >= 11 is 3.23. The minimum absolute atomic E-state index is 0.154. The smallest absolute Gasteiger partial charge is 0.295 e. The Morgan fingerprint density at radius 2 is 1.80 bits per heavy atom. The highest BCUT2D eigenvalue weighted by Crippen LogP contribution is 2.20. The van der Waals surface area contributed by atoms with Gasteiger partial charge in [-0.2, -0.15) is 8.42 Å². The fourth-order valence-corrected chi connectivity index (χ4v) is 1.69. The van der Waals surface area contributed by atoms with Gasteiger partial charge in [0.2, 0.25) is 0 Å². The zero-order chi connectivity index (χ0) is 11.7. The Balaban J connectivity index is 2.92. The monoisotopic (exact) mass is 294 g/mol. The summed E-state index contributed by atoms with van der Waals surface area (Å²) < 4.78 is 31.3. The highest BCUT2D eigenvalue weighted by Gasteiger charge is 2.35. The topological polar surface area (TPSA) is 74.6 Å². The number of rotatable bonds is 3. The molecular formula is C9H11BrO4S. The Morgan fingerprint density at radius 1 is 1.33 bits per heavy atom. The first kappa shape index (κ1) is 12.6. The normalized spacial score (nSPS) is 16.0. The van der Waals surface area contributed by atoms with Crippen molar-refractivity contribution < 1.29 is 18.1 Å². The van der Waals surface area contributed by atoms with E-state index >= 15 is 0 Å². The van der Waals surface area contributed by atoms with Gasteiger partial charge < -0.3 is 5.11 Å². The summed E-state index contributed by atoms with van der Waals surface area (Å²) in [7, 11) is -4.47. The van der Waals surface area contributed by atoms with Crippen molar-refractivity contribution in [2.24, 2.45) is 0 Å². The fourth-order valence-electron chi connectivity index (χ4n) is 1.07. The van der Waals surface area contributed by atoms with Gasteiger partial charge in [0.05, 0.1) is 0 Å². The van der Waals surface area contributed by atoms with E-state index < -0.39 is 15.1 Å². The van der Waals surface area contributed by atoms with Crippen LogP contribution in [0.1, 0.15) is 12.5 Å². The molecule has 1 atom stereocenters. The zero-order valence-corrected chi connectivity index (χ0v) is 10.4. The van der Waals surface area contributed by atoms with Crippen LogP contribution in [0.3, 0.4) is 0 Å². The van der Waals surface area contributed by atoms with Crippen molar-refractivity contribution in [1.82, 2.24) is 0 Å². The summed E-state index contributed by atoms with van der Waals surface area (Å²) in [5.74, 6) is 0. The van der Waals surface area contributed by atoms with E-state index in [2.05, 4.69) is 15.9 Å². The van der Waals surface area contributed by atoms with E-state index in [9.17, 15) is 13.5 Å². The molecule has 1 aromatic rings. The van der Waals surface area contributed by atoms with Crippen LogP contribution in [0.5, 0.6) is 0 Å². The molecule has 0 heterocycles. The van der Waals surface area contributed by atoms with E-state index in [-0.39, 0.29) is 6.42 Å². The second kappa shape index (κ2) is 4.21. The molecule has 2 N–H and O–H groups in total. The quantitative estimate of drug-likeness (QED) is 0.830. The molecule has 0 saturated carbocycles. The molecule has 6 heteroatoms. The molecular weight excluding hydrogens is 284 g/mol. The molecule has 0 amide bonds. The van der Waals surface area contributed by atoms with Crippen LogP contribution in [0.2, 0.25) is 0 Å². The van der Waals surface area contributed by atoms with E-state index in [4.69, 9.17) is 4.55 Å². The van der Waals surface area contributed by atoms with Gasteiger partial charge in [-0.1, -0.05) is 28.1 Å². The third-order valence-electron chi connectivity index (χ3n) is 2.00. The van der Waals surface area contributed by atoms with Crippen LogP contribution in [0.4, 0.5) is 0 Å². The molecule has 1 unspecified atom stereocenters. The third kappa shape index (κ3) is 3.27. The highest BCUT2D eigenvalue weighted by molar-refractivity contribution is 9.10. The van der Waals surface area contributed by atoms with Crippen LogP contribution in [0.15, 0.2) is 28.7 Å². The summed E-state index contributed by atoms with van der Waals surface area (Å²) in [6, 6.07) is 6.80. The molecule has 0 spiro atoms. The van der Waals surface area contributed by atoms with E-state index in [1.807, 2.05) is 0 Å². The maximum atomic E-state index is 10.8. The molecule has 0 aliphatic carbocycles. The van der Waals surface area contributed by atoms with Gasteiger partial charge in [-0.3, -0.25) is 4.55 Å². The van der Waals surface area contributed by atoms with Gasteiger partial charge in [0.15, 0.2) is 4.93 Å². The number of aliphatic hydroxyl groups is 1. The average Bonchev–Trinajstić information content (AvgIpc) is 2.06. The molecule has 15 heavy (non-hydrogen) atoms. The summed E-state index contributed by atoms with van der Waals surface area (Å²) in [4.78, 5) is -2.15. The van der Waals surface area contributed by atoms with Crippen molar-refractivity contribution in [2.45, 2.75) is 18.3 Å². The Hall–Kier alpha value is -0.430. The van der Waals surface area contributed by atoms with Crippen LogP contribution < -0.4 is 0 Å². The Labute approximate surface area is 96.8 Å². The lowest BCUT2D eigenvalue weighted by atomic mass is 10.1. The summed E-state index contributed by atoms with van der Waals surface area (Å²) in [6.07, 6.45) is -0.154. The highest BCUT2D eigenvalue weighted by atomic mass is 79.9. The molecule has 0 aromatic heterocycles. The van der Waals surface area contributed by atoms with Gasteiger partial charge >= 0.3 is 0 Å². The average molecular weight is 295 g/mol. The Bertz CT molecular complexity index is 436. The van der Waals surface area contributed by atoms with Gasteiger partial charge in [0, 0.05) is 10.9 Å². The molecule has 1 rings (SSSR count). The molecule has 84 valence electrons. The first-order valence-electron chi connectivity index (χ1n) is 4.16. The molecule has 4 nitrogen and oxygen atoms in total. The van der Waals surface area contributed by atoms with Crippen molar-refractivity contribution in [3.63, 3.8) is 0 Å². The van der Waals surface area contributed by atoms with Gasteiger partial charge in [0.1, 0.15) is 0 Å². The van der Waals surface area contributed by atoms with Gasteiger partial charge in [-0.15, -0.1) is 0 Å². The second-order valence-corrected chi connectivity index (χ2v) is 6.20. The lowest BCUT2D eigenvalue weighted by molar-refractivity contribution is 0.132. The lowest BCUT2D eigenvalue weighted by Gasteiger charge is -2.19. The van der Waals surface area contributed by atoms with Gasteiger partial charge in [-0.05, 0) is 24.6 Å². The Morgan fingerprint density at radius 3 is 2.20 bits per heavy atom. The van der Waals surface area contributed by atoms with Crippen LogP contribution in [0, 0.1) is 0 Å². The summed E-state index contributed by atoms with van der Waals surface area (Å²) in [5.41, 5.74) is 0.626. The standard InChI is InChI=1S/C9H11BrO4S/c1-9(11,15(12,13)14)6-7-2-4-8(10)5-3-7/h2-5,11H,6H2,1H3,(H,12,13,14). The fraction of sp³-hybridized carbons (Fsp3) is 0.333. The van der Waals surface area contributed by atoms with Crippen LogP contribution in [-0.2, 0) is 16.5 Å². The molecule has 0 aliphatic rings. The van der Waals surface area contributed by atoms with E-state index in [1.165, 1.54) is 0 Å². The second-order valence-electron chi connectivity index (χ2n) is 3.45. The van der Waals surface area contributed by atoms with Crippen LogP contribution >= 0.6 is 15.9 Å². The first-order valence-corrected chi connectivity index (χ1v) is 6.39. The largest absolute Gasteiger partial charge is 0.372 e. The van der Waals surface area contributed by atoms with Crippen molar-refractivity contribution in [2.75, 3.05) is 0 Å². The van der Waals surface area contributed by atoms with Crippen molar-refractivity contribution in [3.8, 4) is 0 Å². The SMILES string of the molecule is CC(O)(Cc1ccc(Br)cc1)S(=O)(=O)O. The number of benzene rings is 1. The maximum absolute atomic E-state index is 10.8. The third-order valence-corrected chi connectivity index (χ3v) is 3.79. The minimum Gasteiger partial charge on any atom is -0.372 e. The molecule has 0 fully saturated rings. The molecule has 0 saturated heterocycles. The zero-order valence-electron chi connectivity index (χ0n) is 8.01. The molecule has 1 aromatic carbocycles. The number of hydrogen-bond donors (Lipinski definition) is 2. The van der Waals surface area contributed by atoms with Crippen molar-refractivity contribution in [1.29, 1.82) is 0 Å². The Kier molecular flexibility index (Phi) is 3.55. The van der Waals surface area contributed by atoms with Gasteiger partial charge in [-0.25, -0.2) is 0 Å². The lowest BCUT2D eigenvalue weighted by Crippen LogP contribution is -2.36. The maximum Gasteiger partial charge on any atom is 0.295 e. The molecule has 0 aliphatic heterocycles. The molecule has 0 radical (unpaired) electrons. The van der Waals surface area contributed by atoms with Crippen molar-refractivity contribution >= 4 is 26.0 Å². The first-order chi connectivity index (χ1) is 6.72.